The molecule has 1 aromatic carbocycles. The third-order valence-electron chi connectivity index (χ3n) is 7.56. The van der Waals surface area contributed by atoms with Crippen LogP contribution in [0.5, 0.6) is 5.75 Å². The number of aromatic nitrogens is 1. The zero-order valence-corrected chi connectivity index (χ0v) is 20.1. The number of carbonyl (C=O) groups is 3. The number of nitrogens with zero attached hydrogens (tertiary/aromatic N) is 3. The highest BCUT2D eigenvalue weighted by Gasteiger charge is 2.64. The summed E-state index contributed by atoms with van der Waals surface area (Å²) in [5.41, 5.74) is 2.80. The number of aliphatic hydroxyl groups excluding tert-OH is 2. The van der Waals surface area contributed by atoms with Gasteiger partial charge in [-0.3, -0.25) is 19.3 Å². The maximum atomic E-state index is 13.8. The van der Waals surface area contributed by atoms with E-state index in [-0.39, 0.29) is 29.7 Å². The summed E-state index contributed by atoms with van der Waals surface area (Å²) in [6.45, 7) is 0. The average Bonchev–Trinajstić information content (AvgIpc) is 3.34. The normalized spacial score (nSPS) is 27.5. The SMILES string of the molecule is CN(C)[C@@H]1C(=O)C(C(N)=O)=C(O)[C@@]2(O)C(=O)C3=C(O)c4c(O)ccc(/C=N/n5cccc5)c4C[C@H]3C[C@@H]12. The van der Waals surface area contributed by atoms with Crippen LogP contribution in [0.1, 0.15) is 23.1 Å². The standard InChI is InChI=1S/C26H26N4O7/c1-29(2)20-15-10-13-9-14-12(11-28-30-7-3-4-8-30)5-6-16(31)18(14)21(32)17(13)23(34)26(15,37)24(35)19(22(20)33)25(27)36/h3-8,11,13,15,20,31-32,35,37H,9-10H2,1-2H3,(H2,27,36)/b28-11+/t13-,15-,20-,26-/m0/s1. The highest BCUT2D eigenvalue weighted by Crippen LogP contribution is 2.52. The van der Waals surface area contributed by atoms with Crippen LogP contribution in [0.25, 0.3) is 5.76 Å². The first-order valence-corrected chi connectivity index (χ1v) is 11.6. The Labute approximate surface area is 211 Å². The predicted molar refractivity (Wildman–Crippen MR) is 132 cm³/mol. The van der Waals surface area contributed by atoms with E-state index in [1.165, 1.54) is 11.0 Å². The molecule has 11 heteroatoms. The number of fused-ring (bicyclic) bond motifs is 3. The van der Waals surface area contributed by atoms with Gasteiger partial charge >= 0.3 is 0 Å². The van der Waals surface area contributed by atoms with Gasteiger partial charge < -0.3 is 26.2 Å². The molecule has 1 amide bonds. The predicted octanol–water partition coefficient (Wildman–Crippen LogP) is 0.648. The molecule has 1 fully saturated rings. The molecule has 192 valence electrons. The van der Waals surface area contributed by atoms with Gasteiger partial charge in [0.1, 0.15) is 22.8 Å². The van der Waals surface area contributed by atoms with Crippen molar-refractivity contribution in [2.24, 2.45) is 22.7 Å². The van der Waals surface area contributed by atoms with Gasteiger partial charge in [-0.05, 0) is 68.2 Å². The molecule has 37 heavy (non-hydrogen) atoms. The molecule has 0 bridgehead atoms. The molecule has 2 aromatic rings. The Balaban J connectivity index is 1.69. The number of rotatable bonds is 4. The minimum atomic E-state index is -2.66. The number of ketones is 2. The van der Waals surface area contributed by atoms with Crippen molar-refractivity contribution in [2.75, 3.05) is 14.1 Å². The number of nitrogens with two attached hydrogens (primary N) is 1. The lowest BCUT2D eigenvalue weighted by Crippen LogP contribution is -2.65. The Morgan fingerprint density at radius 3 is 2.49 bits per heavy atom. The molecule has 11 nitrogen and oxygen atoms in total. The third kappa shape index (κ3) is 3.42. The van der Waals surface area contributed by atoms with Crippen molar-refractivity contribution in [2.45, 2.75) is 24.5 Å². The van der Waals surface area contributed by atoms with Crippen molar-refractivity contribution in [1.29, 1.82) is 0 Å². The van der Waals surface area contributed by atoms with Crippen LogP contribution in [0.4, 0.5) is 0 Å². The van der Waals surface area contributed by atoms with Crippen LogP contribution in [-0.2, 0) is 20.8 Å². The number of hydrogen-bond donors (Lipinski definition) is 5. The summed E-state index contributed by atoms with van der Waals surface area (Å²) >= 11 is 0. The van der Waals surface area contributed by atoms with Crippen LogP contribution in [0, 0.1) is 11.8 Å². The van der Waals surface area contributed by atoms with E-state index < -0.39 is 58.0 Å². The van der Waals surface area contributed by atoms with E-state index in [0.29, 0.717) is 11.1 Å². The second-order valence-corrected chi connectivity index (χ2v) is 9.80. The van der Waals surface area contributed by atoms with E-state index in [1.54, 1.807) is 55.6 Å². The molecule has 0 radical (unpaired) electrons. The van der Waals surface area contributed by atoms with Gasteiger partial charge in [0.15, 0.2) is 11.4 Å². The summed E-state index contributed by atoms with van der Waals surface area (Å²) in [5.74, 6) is -6.80. The molecule has 3 aliphatic rings. The molecule has 0 aliphatic heterocycles. The second-order valence-electron chi connectivity index (χ2n) is 9.80. The highest BCUT2D eigenvalue weighted by atomic mass is 16.3. The number of hydrogen-bond acceptors (Lipinski definition) is 9. The van der Waals surface area contributed by atoms with E-state index in [9.17, 15) is 34.8 Å². The Kier molecular flexibility index (Phi) is 5.57. The van der Waals surface area contributed by atoms with Gasteiger partial charge in [-0.2, -0.15) is 5.10 Å². The number of carbonyl (C=O) groups excluding carboxylic acids is 3. The molecule has 5 rings (SSSR count). The third-order valence-corrected chi connectivity index (χ3v) is 7.56. The largest absolute Gasteiger partial charge is 0.508 e. The Hall–Kier alpha value is -4.22. The van der Waals surface area contributed by atoms with Crippen molar-refractivity contribution in [3.63, 3.8) is 0 Å². The smallest absolute Gasteiger partial charge is 0.255 e. The Morgan fingerprint density at radius 2 is 1.86 bits per heavy atom. The van der Waals surface area contributed by atoms with E-state index in [0.717, 1.165) is 0 Å². The fraction of sp³-hybridized carbons (Fsp3) is 0.308. The Morgan fingerprint density at radius 1 is 1.19 bits per heavy atom. The first-order valence-electron chi connectivity index (χ1n) is 11.6. The van der Waals surface area contributed by atoms with Gasteiger partial charge in [0.05, 0.1) is 17.8 Å². The fourth-order valence-electron chi connectivity index (χ4n) is 5.92. The van der Waals surface area contributed by atoms with Gasteiger partial charge in [0.2, 0.25) is 5.78 Å². The highest BCUT2D eigenvalue weighted by molar-refractivity contribution is 6.24. The maximum Gasteiger partial charge on any atom is 0.255 e. The first kappa shape index (κ1) is 24.5. The molecular formula is C26H26N4O7. The number of phenolic OH excluding ortho intramolecular Hbond substituents is 1. The quantitative estimate of drug-likeness (QED) is 0.296. The van der Waals surface area contributed by atoms with Crippen LogP contribution < -0.4 is 5.73 Å². The lowest BCUT2D eigenvalue weighted by molar-refractivity contribution is -0.153. The number of Topliss-reactive ketones (excluding diaryl/α,β-unsaturated/α-hetero) is 2. The van der Waals surface area contributed by atoms with E-state index in [4.69, 9.17) is 5.73 Å². The minimum Gasteiger partial charge on any atom is -0.508 e. The number of benzene rings is 1. The molecule has 6 N–H and O–H groups in total. The van der Waals surface area contributed by atoms with Crippen LogP contribution in [0.15, 0.2) is 58.7 Å². The van der Waals surface area contributed by atoms with Gasteiger partial charge in [-0.25, -0.2) is 4.68 Å². The molecule has 4 atom stereocenters. The van der Waals surface area contributed by atoms with E-state index in [2.05, 4.69) is 5.10 Å². The zero-order valence-electron chi connectivity index (χ0n) is 20.1. The van der Waals surface area contributed by atoms with Crippen molar-refractivity contribution in [1.82, 2.24) is 9.58 Å². The molecule has 0 unspecified atom stereocenters. The molecule has 3 aliphatic carbocycles. The molecule has 0 saturated heterocycles. The fourth-order valence-corrected chi connectivity index (χ4v) is 5.92. The van der Waals surface area contributed by atoms with E-state index in [1.807, 2.05) is 0 Å². The summed E-state index contributed by atoms with van der Waals surface area (Å²) in [7, 11) is 3.11. The summed E-state index contributed by atoms with van der Waals surface area (Å²) < 4.78 is 1.58. The second kappa shape index (κ2) is 8.43. The first-order chi connectivity index (χ1) is 17.5. The van der Waals surface area contributed by atoms with E-state index >= 15 is 0 Å². The lowest BCUT2D eigenvalue weighted by atomic mass is 9.57. The summed E-state index contributed by atoms with van der Waals surface area (Å²) in [6, 6.07) is 5.48. The topological polar surface area (TPSA) is 179 Å². The summed E-state index contributed by atoms with van der Waals surface area (Å²) in [5, 5.41) is 48.7. The monoisotopic (exact) mass is 506 g/mol. The lowest BCUT2D eigenvalue weighted by Gasteiger charge is -2.50. The van der Waals surface area contributed by atoms with Gasteiger partial charge in [0, 0.05) is 23.9 Å². The van der Waals surface area contributed by atoms with Crippen LogP contribution in [0.2, 0.25) is 0 Å². The average molecular weight is 507 g/mol. The summed E-state index contributed by atoms with van der Waals surface area (Å²) in [6.07, 6.45) is 5.26. The number of aliphatic hydroxyl groups is 3. The van der Waals surface area contributed by atoms with Crippen molar-refractivity contribution in [3.8, 4) is 5.75 Å². The van der Waals surface area contributed by atoms with Crippen LogP contribution in [0.3, 0.4) is 0 Å². The number of primary amides is 1. The maximum absolute atomic E-state index is 13.8. The zero-order chi connectivity index (χ0) is 26.8. The minimum absolute atomic E-state index is 0.0211. The molecule has 1 saturated carbocycles. The molecular weight excluding hydrogens is 480 g/mol. The van der Waals surface area contributed by atoms with Gasteiger partial charge in [-0.15, -0.1) is 0 Å². The number of likely N-dealkylation sites (N-methyl/N-ethyl adjacent to an activating group) is 1. The Bertz CT molecular complexity index is 1440. The summed E-state index contributed by atoms with van der Waals surface area (Å²) in [4.78, 5) is 40.5. The van der Waals surface area contributed by atoms with Gasteiger partial charge in [-0.1, -0.05) is 0 Å². The molecule has 1 heterocycles. The number of phenols is 1. The van der Waals surface area contributed by atoms with Crippen molar-refractivity contribution in [3.05, 3.63) is 70.3 Å². The molecule has 1 aromatic heterocycles. The van der Waals surface area contributed by atoms with Gasteiger partial charge in [0.25, 0.3) is 5.91 Å². The van der Waals surface area contributed by atoms with Crippen molar-refractivity contribution < 1.29 is 34.8 Å². The number of amides is 1. The van der Waals surface area contributed by atoms with Crippen molar-refractivity contribution >= 4 is 29.4 Å². The van der Waals surface area contributed by atoms with Crippen LogP contribution >= 0.6 is 0 Å². The number of aromatic hydroxyl groups is 1. The molecule has 0 spiro atoms. The van der Waals surface area contributed by atoms with Crippen LogP contribution in [-0.4, -0.2) is 79.4 Å².